The van der Waals surface area contributed by atoms with Crippen LogP contribution in [-0.2, 0) is 0 Å². The van der Waals surface area contributed by atoms with Gasteiger partial charge >= 0.3 is 6.09 Å². The van der Waals surface area contributed by atoms with Crippen molar-refractivity contribution < 1.29 is 19.5 Å². The molecule has 0 bridgehead atoms. The van der Waals surface area contributed by atoms with Gasteiger partial charge in [-0.15, -0.1) is 0 Å². The van der Waals surface area contributed by atoms with Crippen LogP contribution < -0.4 is 5.73 Å². The smallest absolute Gasteiger partial charge is 0.407 e. The maximum absolute atomic E-state index is 13.2. The Morgan fingerprint density at radius 2 is 1.93 bits per heavy atom. The molecule has 1 fully saturated rings. The van der Waals surface area contributed by atoms with Gasteiger partial charge in [0.1, 0.15) is 0 Å². The van der Waals surface area contributed by atoms with Gasteiger partial charge in [-0.1, -0.05) is 32.9 Å². The molecule has 0 spiro atoms. The van der Waals surface area contributed by atoms with Crippen LogP contribution in [0.4, 0.5) is 4.79 Å². The quantitative estimate of drug-likeness (QED) is 0.832. The van der Waals surface area contributed by atoms with Crippen LogP contribution in [0.2, 0.25) is 0 Å². The number of rotatable bonds is 2. The number of benzene rings is 1. The van der Waals surface area contributed by atoms with Gasteiger partial charge in [0.2, 0.25) is 5.91 Å². The van der Waals surface area contributed by atoms with Gasteiger partial charge in [0.05, 0.1) is 17.2 Å². The number of carbonyl (C=O) groups is 3. The third-order valence-corrected chi connectivity index (χ3v) is 5.89. The molecular formula is C20H27N3O4. The lowest BCUT2D eigenvalue weighted by atomic mass is 9.78. The van der Waals surface area contributed by atoms with E-state index >= 15 is 0 Å². The molecule has 1 aromatic carbocycles. The molecule has 1 saturated heterocycles. The van der Waals surface area contributed by atoms with E-state index in [1.807, 2.05) is 38.7 Å². The fourth-order valence-corrected chi connectivity index (χ4v) is 4.55. The highest BCUT2D eigenvalue weighted by atomic mass is 16.4. The van der Waals surface area contributed by atoms with Crippen molar-refractivity contribution in [1.82, 2.24) is 9.80 Å². The molecule has 0 aromatic heterocycles. The zero-order valence-corrected chi connectivity index (χ0v) is 16.2. The minimum atomic E-state index is -0.923. The van der Waals surface area contributed by atoms with E-state index in [9.17, 15) is 19.5 Å². The Kier molecular flexibility index (Phi) is 4.66. The van der Waals surface area contributed by atoms with Crippen molar-refractivity contribution >= 4 is 17.9 Å². The van der Waals surface area contributed by atoms with E-state index in [1.165, 1.54) is 4.90 Å². The van der Waals surface area contributed by atoms with Gasteiger partial charge in [0, 0.05) is 18.6 Å². The minimum Gasteiger partial charge on any atom is -0.465 e. The number of fused-ring (bicyclic) bond motifs is 1. The van der Waals surface area contributed by atoms with Gasteiger partial charge in [-0.2, -0.15) is 0 Å². The highest BCUT2D eigenvalue weighted by Gasteiger charge is 2.46. The van der Waals surface area contributed by atoms with Crippen molar-refractivity contribution in [3.63, 3.8) is 0 Å². The van der Waals surface area contributed by atoms with Crippen molar-refractivity contribution in [3.05, 3.63) is 34.9 Å². The Balaban J connectivity index is 1.94. The third kappa shape index (κ3) is 3.15. The van der Waals surface area contributed by atoms with Crippen molar-refractivity contribution in [2.45, 2.75) is 58.7 Å². The fourth-order valence-electron chi connectivity index (χ4n) is 4.55. The maximum Gasteiger partial charge on any atom is 0.407 e. The number of nitrogens with two attached hydrogens (primary N) is 1. The second-order valence-electron chi connectivity index (χ2n) is 8.56. The largest absolute Gasteiger partial charge is 0.465 e. The topological polar surface area (TPSA) is 104 Å². The van der Waals surface area contributed by atoms with Crippen molar-refractivity contribution in [3.8, 4) is 0 Å². The predicted molar refractivity (Wildman–Crippen MR) is 101 cm³/mol. The maximum atomic E-state index is 13.2. The molecule has 2 aliphatic rings. The van der Waals surface area contributed by atoms with E-state index in [2.05, 4.69) is 0 Å². The minimum absolute atomic E-state index is 0.0829. The molecule has 3 N–H and O–H groups in total. The Morgan fingerprint density at radius 3 is 2.48 bits per heavy atom. The number of piperidine rings is 1. The summed E-state index contributed by atoms with van der Waals surface area (Å²) >= 11 is 0. The molecule has 3 rings (SSSR count). The van der Waals surface area contributed by atoms with Crippen molar-refractivity contribution in [2.24, 2.45) is 11.1 Å². The molecule has 3 unspecified atom stereocenters. The molecule has 1 aromatic rings. The Hall–Kier alpha value is -2.57. The molecule has 27 heavy (non-hydrogen) atoms. The van der Waals surface area contributed by atoms with Gasteiger partial charge in [-0.25, -0.2) is 4.79 Å². The molecule has 2 heterocycles. The lowest BCUT2D eigenvalue weighted by molar-refractivity contribution is 0.0138. The monoisotopic (exact) mass is 373 g/mol. The van der Waals surface area contributed by atoms with Crippen LogP contribution in [0, 0.1) is 5.41 Å². The zero-order valence-electron chi connectivity index (χ0n) is 16.2. The van der Waals surface area contributed by atoms with Crippen LogP contribution in [-0.4, -0.2) is 51.4 Å². The molecule has 0 radical (unpaired) electrons. The summed E-state index contributed by atoms with van der Waals surface area (Å²) in [6, 6.07) is 4.75. The first kappa shape index (κ1) is 19.2. The van der Waals surface area contributed by atoms with Gasteiger partial charge in [-0.05, 0) is 36.8 Å². The summed E-state index contributed by atoms with van der Waals surface area (Å²) in [4.78, 5) is 39.9. The van der Waals surface area contributed by atoms with E-state index in [4.69, 9.17) is 5.73 Å². The van der Waals surface area contributed by atoms with E-state index in [-0.39, 0.29) is 35.0 Å². The first-order valence-electron chi connectivity index (χ1n) is 9.29. The Morgan fingerprint density at radius 1 is 1.26 bits per heavy atom. The summed E-state index contributed by atoms with van der Waals surface area (Å²) in [5, 5.41) is 9.56. The first-order valence-corrected chi connectivity index (χ1v) is 9.29. The van der Waals surface area contributed by atoms with E-state index in [1.54, 1.807) is 12.1 Å². The summed E-state index contributed by atoms with van der Waals surface area (Å²) in [7, 11) is 0. The predicted octanol–water partition coefficient (Wildman–Crippen LogP) is 2.86. The molecular weight excluding hydrogens is 346 g/mol. The Labute approximate surface area is 159 Å². The highest BCUT2D eigenvalue weighted by Crippen LogP contribution is 2.41. The zero-order chi connectivity index (χ0) is 20.1. The van der Waals surface area contributed by atoms with Crippen molar-refractivity contribution in [1.29, 1.82) is 0 Å². The number of nitrogens with zero attached hydrogens (tertiary/aromatic N) is 2. The SMILES string of the molecule is CC1c2cccc(C(N)=O)c2C(=O)N1C1CCN(C(=O)O)C(C(C)(C)C)C1. The molecule has 3 atom stereocenters. The molecule has 7 nitrogen and oxygen atoms in total. The summed E-state index contributed by atoms with van der Waals surface area (Å²) in [5.74, 6) is -0.796. The first-order chi connectivity index (χ1) is 12.5. The van der Waals surface area contributed by atoms with Crippen LogP contribution in [0.15, 0.2) is 18.2 Å². The summed E-state index contributed by atoms with van der Waals surface area (Å²) < 4.78 is 0. The number of likely N-dealkylation sites (tertiary alicyclic amines) is 1. The van der Waals surface area contributed by atoms with Crippen molar-refractivity contribution in [2.75, 3.05) is 6.54 Å². The van der Waals surface area contributed by atoms with E-state index in [0.717, 1.165) is 5.56 Å². The van der Waals surface area contributed by atoms with Crippen LogP contribution in [0.5, 0.6) is 0 Å². The highest BCUT2D eigenvalue weighted by molar-refractivity contribution is 6.09. The molecule has 146 valence electrons. The second-order valence-corrected chi connectivity index (χ2v) is 8.56. The summed E-state index contributed by atoms with van der Waals surface area (Å²) in [6.45, 7) is 8.39. The molecule has 0 aliphatic carbocycles. The van der Waals surface area contributed by atoms with E-state index < -0.39 is 12.0 Å². The number of carboxylic acid groups (broad SMARTS) is 1. The van der Waals surface area contributed by atoms with Crippen LogP contribution >= 0.6 is 0 Å². The number of carbonyl (C=O) groups excluding carboxylic acids is 2. The molecule has 0 saturated carbocycles. The standard InChI is InChI=1S/C20H27N3O4/c1-11-13-6-5-7-14(17(21)24)16(13)18(25)23(11)12-8-9-22(19(26)27)15(10-12)20(2,3)4/h5-7,11-12,15H,8-10H2,1-4H3,(H2,21,24)(H,26,27). The second kappa shape index (κ2) is 6.55. The van der Waals surface area contributed by atoms with E-state index in [0.29, 0.717) is 24.9 Å². The number of primary amides is 1. The lowest BCUT2D eigenvalue weighted by Gasteiger charge is -2.47. The summed E-state index contributed by atoms with van der Waals surface area (Å²) in [5.41, 5.74) is 6.68. The van der Waals surface area contributed by atoms with Gasteiger partial charge in [-0.3, -0.25) is 9.59 Å². The average Bonchev–Trinajstić information content (AvgIpc) is 2.84. The van der Waals surface area contributed by atoms with Crippen LogP contribution in [0.25, 0.3) is 0 Å². The van der Waals surface area contributed by atoms with Gasteiger partial charge in [0.25, 0.3) is 5.91 Å². The Bertz CT molecular complexity index is 799. The number of hydrogen-bond donors (Lipinski definition) is 2. The normalized spacial score (nSPS) is 25.5. The number of hydrogen-bond acceptors (Lipinski definition) is 3. The number of amides is 3. The van der Waals surface area contributed by atoms with Gasteiger partial charge in [0.15, 0.2) is 0 Å². The average molecular weight is 373 g/mol. The third-order valence-electron chi connectivity index (χ3n) is 5.89. The fraction of sp³-hybridized carbons (Fsp3) is 0.550. The van der Waals surface area contributed by atoms with Crippen LogP contribution in [0.1, 0.15) is 72.9 Å². The molecule has 2 aliphatic heterocycles. The molecule has 3 amide bonds. The summed E-state index contributed by atoms with van der Waals surface area (Å²) in [6.07, 6.45) is 0.231. The molecule has 7 heteroatoms. The van der Waals surface area contributed by atoms with Crippen LogP contribution in [0.3, 0.4) is 0 Å². The van der Waals surface area contributed by atoms with Gasteiger partial charge < -0.3 is 20.6 Å². The lowest BCUT2D eigenvalue weighted by Crippen LogP contribution is -2.56.